The van der Waals surface area contributed by atoms with E-state index < -0.39 is 0 Å². The molecule has 1 aromatic carbocycles. The molecule has 0 spiro atoms. The van der Waals surface area contributed by atoms with Crippen LogP contribution in [0.3, 0.4) is 0 Å². The molecule has 0 aliphatic heterocycles. The van der Waals surface area contributed by atoms with E-state index in [9.17, 15) is 0 Å². The van der Waals surface area contributed by atoms with E-state index in [1.807, 2.05) is 18.2 Å². The molecule has 6 nitrogen and oxygen atoms in total. The Bertz CT molecular complexity index is 618. The fraction of sp³-hybridized carbons (Fsp3) is 0.533. The van der Waals surface area contributed by atoms with Crippen LogP contribution in [0, 0.1) is 11.3 Å². The van der Waals surface area contributed by atoms with Gasteiger partial charge in [-0.25, -0.2) is 4.68 Å². The molecule has 2 rings (SSSR count). The second-order valence-corrected chi connectivity index (χ2v) is 6.23. The molecule has 21 heavy (non-hydrogen) atoms. The predicted molar refractivity (Wildman–Crippen MR) is 82.8 cm³/mol. The molecule has 0 fully saturated rings. The zero-order chi connectivity index (χ0) is 15.6. The van der Waals surface area contributed by atoms with E-state index in [4.69, 9.17) is 10.5 Å². The van der Waals surface area contributed by atoms with Crippen molar-refractivity contribution >= 4 is 5.69 Å². The number of nitrogens with zero attached hydrogens (tertiary/aromatic N) is 4. The largest absolute Gasteiger partial charge is 0.496 e. The third-order valence-electron chi connectivity index (χ3n) is 4.15. The van der Waals surface area contributed by atoms with Gasteiger partial charge in [-0.05, 0) is 33.9 Å². The van der Waals surface area contributed by atoms with Crippen LogP contribution >= 0.6 is 0 Å². The Balaban J connectivity index is 2.47. The summed E-state index contributed by atoms with van der Waals surface area (Å²) in [6, 6.07) is 5.53. The molecule has 2 aromatic rings. The topological polar surface area (TPSA) is 78.8 Å². The summed E-state index contributed by atoms with van der Waals surface area (Å²) in [5.74, 6) is 1.82. The number of aromatic nitrogens is 4. The SMILES string of the molecule is COc1cccc(N)c1-c1nnnn1CC(C)(C)C(C)C. The number of rotatable bonds is 5. The number of hydrogen-bond acceptors (Lipinski definition) is 5. The molecular formula is C15H23N5O. The Morgan fingerprint density at radius 2 is 2.05 bits per heavy atom. The van der Waals surface area contributed by atoms with Gasteiger partial charge in [0.15, 0.2) is 5.82 Å². The lowest BCUT2D eigenvalue weighted by Gasteiger charge is -2.29. The summed E-state index contributed by atoms with van der Waals surface area (Å²) in [6.07, 6.45) is 0. The van der Waals surface area contributed by atoms with Gasteiger partial charge >= 0.3 is 0 Å². The van der Waals surface area contributed by atoms with Crippen LogP contribution in [0.1, 0.15) is 27.7 Å². The van der Waals surface area contributed by atoms with Gasteiger partial charge < -0.3 is 10.5 Å². The monoisotopic (exact) mass is 289 g/mol. The second-order valence-electron chi connectivity index (χ2n) is 6.23. The minimum absolute atomic E-state index is 0.0703. The highest BCUT2D eigenvalue weighted by Crippen LogP contribution is 2.35. The highest BCUT2D eigenvalue weighted by Gasteiger charge is 2.26. The maximum atomic E-state index is 6.09. The molecule has 0 bridgehead atoms. The van der Waals surface area contributed by atoms with Crippen molar-refractivity contribution in [2.45, 2.75) is 34.2 Å². The zero-order valence-electron chi connectivity index (χ0n) is 13.3. The van der Waals surface area contributed by atoms with E-state index in [2.05, 4.69) is 43.2 Å². The van der Waals surface area contributed by atoms with Crippen molar-refractivity contribution < 1.29 is 4.74 Å². The molecule has 0 saturated heterocycles. The van der Waals surface area contributed by atoms with E-state index >= 15 is 0 Å². The van der Waals surface area contributed by atoms with E-state index in [0.717, 1.165) is 5.56 Å². The molecular weight excluding hydrogens is 266 g/mol. The third-order valence-corrected chi connectivity index (χ3v) is 4.15. The average molecular weight is 289 g/mol. The molecule has 1 aromatic heterocycles. The lowest BCUT2D eigenvalue weighted by molar-refractivity contribution is 0.200. The van der Waals surface area contributed by atoms with Crippen molar-refractivity contribution in [2.24, 2.45) is 11.3 Å². The van der Waals surface area contributed by atoms with Crippen molar-refractivity contribution in [3.63, 3.8) is 0 Å². The minimum Gasteiger partial charge on any atom is -0.496 e. The van der Waals surface area contributed by atoms with Crippen molar-refractivity contribution in [2.75, 3.05) is 12.8 Å². The molecule has 0 amide bonds. The molecule has 0 aliphatic rings. The Kier molecular flexibility index (Phi) is 4.16. The van der Waals surface area contributed by atoms with Crippen molar-refractivity contribution in [1.29, 1.82) is 0 Å². The number of nitrogen functional groups attached to an aromatic ring is 1. The molecule has 0 unspecified atom stereocenters. The lowest BCUT2D eigenvalue weighted by atomic mass is 9.81. The number of nitrogens with two attached hydrogens (primary N) is 1. The van der Waals surface area contributed by atoms with Crippen LogP contribution in [0.15, 0.2) is 18.2 Å². The first-order chi connectivity index (χ1) is 9.86. The molecule has 0 aliphatic carbocycles. The third kappa shape index (κ3) is 2.99. The summed E-state index contributed by atoms with van der Waals surface area (Å²) < 4.78 is 7.19. The van der Waals surface area contributed by atoms with E-state index in [-0.39, 0.29) is 5.41 Å². The normalized spacial score (nSPS) is 11.9. The van der Waals surface area contributed by atoms with Gasteiger partial charge in [0, 0.05) is 5.69 Å². The quantitative estimate of drug-likeness (QED) is 0.856. The van der Waals surface area contributed by atoms with Crippen molar-refractivity contribution in [3.8, 4) is 17.1 Å². The van der Waals surface area contributed by atoms with Gasteiger partial charge in [-0.15, -0.1) is 5.10 Å². The molecule has 114 valence electrons. The first kappa shape index (κ1) is 15.3. The number of hydrogen-bond donors (Lipinski definition) is 1. The fourth-order valence-corrected chi connectivity index (χ4v) is 2.02. The summed E-state index contributed by atoms with van der Waals surface area (Å²) in [4.78, 5) is 0. The van der Waals surface area contributed by atoms with Crippen LogP contribution in [-0.4, -0.2) is 27.3 Å². The van der Waals surface area contributed by atoms with E-state index in [0.29, 0.717) is 29.7 Å². The second kappa shape index (κ2) is 5.71. The summed E-state index contributed by atoms with van der Waals surface area (Å²) in [6.45, 7) is 9.51. The summed E-state index contributed by atoms with van der Waals surface area (Å²) in [7, 11) is 1.62. The standard InChI is InChI=1S/C15H23N5O/c1-10(2)15(3,4)9-20-14(17-18-19-20)13-11(16)7-6-8-12(13)21-5/h6-8,10H,9,16H2,1-5H3. The Labute approximate surface area is 125 Å². The van der Waals surface area contributed by atoms with Crippen LogP contribution in [0.25, 0.3) is 11.4 Å². The highest BCUT2D eigenvalue weighted by molar-refractivity contribution is 5.77. The highest BCUT2D eigenvalue weighted by atomic mass is 16.5. The van der Waals surface area contributed by atoms with Gasteiger partial charge in [-0.3, -0.25) is 0 Å². The smallest absolute Gasteiger partial charge is 0.187 e. The number of anilines is 1. The minimum atomic E-state index is 0.0703. The van der Waals surface area contributed by atoms with E-state index in [1.165, 1.54) is 0 Å². The predicted octanol–water partition coefficient (Wildman–Crippen LogP) is 2.61. The Morgan fingerprint density at radius 3 is 2.67 bits per heavy atom. The summed E-state index contributed by atoms with van der Waals surface area (Å²) in [5, 5.41) is 12.1. The maximum absolute atomic E-state index is 6.09. The number of tetrazole rings is 1. The molecule has 0 atom stereocenters. The Morgan fingerprint density at radius 1 is 1.33 bits per heavy atom. The van der Waals surface area contributed by atoms with Gasteiger partial charge in [0.2, 0.25) is 0 Å². The van der Waals surface area contributed by atoms with Gasteiger partial charge in [0.25, 0.3) is 0 Å². The van der Waals surface area contributed by atoms with Gasteiger partial charge in [-0.1, -0.05) is 33.8 Å². The molecule has 0 saturated carbocycles. The van der Waals surface area contributed by atoms with Crippen molar-refractivity contribution in [3.05, 3.63) is 18.2 Å². The fourth-order valence-electron chi connectivity index (χ4n) is 2.02. The molecule has 2 N–H and O–H groups in total. The van der Waals surface area contributed by atoms with Crippen LogP contribution in [0.2, 0.25) is 0 Å². The van der Waals surface area contributed by atoms with Gasteiger partial charge in [-0.2, -0.15) is 0 Å². The number of ether oxygens (including phenoxy) is 1. The zero-order valence-corrected chi connectivity index (χ0v) is 13.3. The summed E-state index contributed by atoms with van der Waals surface area (Å²) >= 11 is 0. The first-order valence-corrected chi connectivity index (χ1v) is 7.06. The van der Waals surface area contributed by atoms with Gasteiger partial charge in [0.05, 0.1) is 19.2 Å². The summed E-state index contributed by atoms with van der Waals surface area (Å²) in [5.41, 5.74) is 7.51. The van der Waals surface area contributed by atoms with Crippen molar-refractivity contribution in [1.82, 2.24) is 20.2 Å². The lowest BCUT2D eigenvalue weighted by Crippen LogP contribution is -2.26. The average Bonchev–Trinajstić information content (AvgIpc) is 2.85. The molecule has 1 heterocycles. The van der Waals surface area contributed by atoms with Crippen LogP contribution in [0.5, 0.6) is 5.75 Å². The number of methoxy groups -OCH3 is 1. The first-order valence-electron chi connectivity index (χ1n) is 7.06. The maximum Gasteiger partial charge on any atom is 0.187 e. The molecule has 0 radical (unpaired) electrons. The Hall–Kier alpha value is -2.11. The van der Waals surface area contributed by atoms with Crippen LogP contribution in [0.4, 0.5) is 5.69 Å². The molecule has 6 heteroatoms. The van der Waals surface area contributed by atoms with Crippen LogP contribution in [-0.2, 0) is 6.54 Å². The number of benzene rings is 1. The van der Waals surface area contributed by atoms with Gasteiger partial charge in [0.1, 0.15) is 5.75 Å². The van der Waals surface area contributed by atoms with E-state index in [1.54, 1.807) is 11.8 Å². The van der Waals surface area contributed by atoms with Crippen LogP contribution < -0.4 is 10.5 Å².